The Morgan fingerprint density at radius 3 is 2.53 bits per heavy atom. The molecule has 1 fully saturated rings. The maximum Gasteiger partial charge on any atom is 0.127 e. The van der Waals surface area contributed by atoms with Gasteiger partial charge in [-0.2, -0.15) is 5.26 Å². The van der Waals surface area contributed by atoms with E-state index in [0.29, 0.717) is 16.4 Å². The second-order valence-corrected chi connectivity index (χ2v) is 10.4. The van der Waals surface area contributed by atoms with Crippen LogP contribution in [0.25, 0.3) is 11.1 Å². The highest BCUT2D eigenvalue weighted by Crippen LogP contribution is 2.65. The lowest BCUT2D eigenvalue weighted by molar-refractivity contribution is 0.00685. The molecule has 0 bridgehead atoms. The minimum atomic E-state index is -0.694. The first kappa shape index (κ1) is 24.5. The van der Waals surface area contributed by atoms with Crippen molar-refractivity contribution >= 4 is 17.4 Å². The zero-order valence-electron chi connectivity index (χ0n) is 19.4. The van der Waals surface area contributed by atoms with Crippen LogP contribution in [0.2, 0.25) is 5.02 Å². The molecule has 0 aromatic heterocycles. The summed E-state index contributed by atoms with van der Waals surface area (Å²) in [5.74, 6) is 0.133. The largest absolute Gasteiger partial charge is 0.383 e. The van der Waals surface area contributed by atoms with Crippen LogP contribution < -0.4 is 5.73 Å². The Bertz CT molecular complexity index is 1410. The second kappa shape index (κ2) is 8.73. The van der Waals surface area contributed by atoms with Crippen molar-refractivity contribution in [3.8, 4) is 17.2 Å². The topological polar surface area (TPSA) is 71.4 Å². The van der Waals surface area contributed by atoms with Crippen molar-refractivity contribution in [2.75, 3.05) is 7.11 Å². The lowest BCUT2D eigenvalue weighted by Gasteiger charge is -2.47. The molecule has 1 unspecified atom stereocenters. The monoisotopic (exact) mass is 501 g/mol. The van der Waals surface area contributed by atoms with E-state index in [1.54, 1.807) is 19.2 Å². The van der Waals surface area contributed by atoms with Crippen LogP contribution in [-0.4, -0.2) is 19.0 Å². The molecule has 4 nitrogen and oxygen atoms in total. The van der Waals surface area contributed by atoms with E-state index in [1.807, 2.05) is 18.2 Å². The Labute approximate surface area is 216 Å². The Balaban J connectivity index is 0.00000267. The molecular weight excluding hydrogens is 473 g/mol. The van der Waals surface area contributed by atoms with Gasteiger partial charge in [0.1, 0.15) is 17.2 Å². The van der Waals surface area contributed by atoms with Crippen LogP contribution in [0.3, 0.4) is 0 Å². The third-order valence-electron chi connectivity index (χ3n) is 8.32. The molecule has 0 saturated heterocycles. The molecule has 3 aromatic rings. The molecule has 1 heterocycles. The van der Waals surface area contributed by atoms with E-state index in [1.165, 1.54) is 17.7 Å². The van der Waals surface area contributed by atoms with Gasteiger partial charge in [0.2, 0.25) is 0 Å². The lowest BCUT2D eigenvalue weighted by atomic mass is 9.59. The summed E-state index contributed by atoms with van der Waals surface area (Å²) >= 11 is 6.18. The molecule has 36 heavy (non-hydrogen) atoms. The predicted molar refractivity (Wildman–Crippen MR) is 142 cm³/mol. The van der Waals surface area contributed by atoms with Crippen molar-refractivity contribution in [2.45, 2.75) is 51.2 Å². The van der Waals surface area contributed by atoms with Gasteiger partial charge in [0.25, 0.3) is 0 Å². The van der Waals surface area contributed by atoms with Crippen LogP contribution in [0.4, 0.5) is 4.39 Å². The Hall–Kier alpha value is -3.20. The molecule has 1 atom stereocenters. The van der Waals surface area contributed by atoms with Crippen LogP contribution >= 0.6 is 11.6 Å². The number of rotatable bonds is 2. The summed E-state index contributed by atoms with van der Waals surface area (Å²) in [5, 5.41) is 10.0. The van der Waals surface area contributed by atoms with E-state index in [4.69, 9.17) is 27.1 Å². The van der Waals surface area contributed by atoms with E-state index in [-0.39, 0.29) is 24.8 Å². The van der Waals surface area contributed by atoms with Crippen molar-refractivity contribution in [1.82, 2.24) is 0 Å². The highest BCUT2D eigenvalue weighted by molar-refractivity contribution is 6.30. The number of amidine groups is 1. The highest BCUT2D eigenvalue weighted by atomic mass is 35.5. The van der Waals surface area contributed by atoms with Crippen LogP contribution in [0.5, 0.6) is 0 Å². The number of fused-ring (bicyclic) bond motifs is 5. The van der Waals surface area contributed by atoms with Crippen LogP contribution in [0.15, 0.2) is 59.6 Å². The summed E-state index contributed by atoms with van der Waals surface area (Å²) < 4.78 is 19.9. The van der Waals surface area contributed by atoms with Gasteiger partial charge in [-0.3, -0.25) is 4.99 Å². The van der Waals surface area contributed by atoms with Gasteiger partial charge in [0.05, 0.1) is 17.7 Å². The van der Waals surface area contributed by atoms with Crippen molar-refractivity contribution < 1.29 is 9.13 Å². The molecule has 3 aliphatic rings. The van der Waals surface area contributed by atoms with E-state index < -0.39 is 5.54 Å². The van der Waals surface area contributed by atoms with E-state index >= 15 is 0 Å². The zero-order valence-corrected chi connectivity index (χ0v) is 20.2. The predicted octanol–water partition coefficient (Wildman–Crippen LogP) is 6.75. The molecule has 2 N–H and O–H groups in total. The van der Waals surface area contributed by atoms with Gasteiger partial charge in [-0.1, -0.05) is 31.2 Å². The fourth-order valence-corrected chi connectivity index (χ4v) is 6.93. The minimum absolute atomic E-state index is 0. The molecule has 0 amide bonds. The number of hydrogen-bond acceptors (Lipinski definition) is 4. The zero-order chi connectivity index (χ0) is 24.4. The highest BCUT2D eigenvalue weighted by Gasteiger charge is 2.62. The molecule has 184 valence electrons. The van der Waals surface area contributed by atoms with Gasteiger partial charge in [0, 0.05) is 23.1 Å². The average Bonchev–Trinajstić information content (AvgIpc) is 3.30. The van der Waals surface area contributed by atoms with Gasteiger partial charge >= 0.3 is 0 Å². The van der Waals surface area contributed by atoms with Gasteiger partial charge in [0.15, 0.2) is 0 Å². The van der Waals surface area contributed by atoms with Gasteiger partial charge in [-0.25, -0.2) is 4.39 Å². The average molecular weight is 502 g/mol. The maximum atomic E-state index is 14.2. The molecule has 2 spiro atoms. The van der Waals surface area contributed by atoms with Crippen LogP contribution in [-0.2, 0) is 16.7 Å². The van der Waals surface area contributed by atoms with E-state index in [9.17, 15) is 9.65 Å². The van der Waals surface area contributed by atoms with E-state index in [0.717, 1.165) is 59.9 Å². The number of nitrogens with zero attached hydrogens (tertiary/aromatic N) is 2. The first-order valence-corrected chi connectivity index (χ1v) is 12.3. The molecular formula is C30H29ClFN3O. The van der Waals surface area contributed by atoms with E-state index in [2.05, 4.69) is 18.2 Å². The number of aliphatic imine (C=N–C) groups is 1. The van der Waals surface area contributed by atoms with Gasteiger partial charge < -0.3 is 10.5 Å². The summed E-state index contributed by atoms with van der Waals surface area (Å²) in [6.45, 7) is 0. The Morgan fingerprint density at radius 2 is 1.83 bits per heavy atom. The molecule has 1 aliphatic heterocycles. The molecule has 0 radical (unpaired) electrons. The lowest BCUT2D eigenvalue weighted by Crippen LogP contribution is -2.45. The number of ether oxygens (including phenoxy) is 1. The molecule has 3 aromatic carbocycles. The quantitative estimate of drug-likeness (QED) is 0.422. The number of methoxy groups -OCH3 is 1. The summed E-state index contributed by atoms with van der Waals surface area (Å²) in [7, 11) is 1.78. The number of halogens is 2. The molecule has 2 aliphatic carbocycles. The summed E-state index contributed by atoms with van der Waals surface area (Å²) in [4.78, 5) is 5.25. The third-order valence-corrected chi connectivity index (χ3v) is 8.54. The van der Waals surface area contributed by atoms with Gasteiger partial charge in [-0.15, -0.1) is 0 Å². The number of benzene rings is 3. The van der Waals surface area contributed by atoms with Crippen molar-refractivity contribution in [2.24, 2.45) is 16.1 Å². The fourth-order valence-electron chi connectivity index (χ4n) is 6.71. The number of nitriles is 1. The minimum Gasteiger partial charge on any atom is -0.383 e. The van der Waals surface area contributed by atoms with Crippen molar-refractivity contribution in [3.63, 3.8) is 0 Å². The third kappa shape index (κ3) is 3.39. The standard InChI is InChI=1S/C29H25ClFN3O.CH4/c1-35-23-6-8-28(9-7-23)15-19-4-3-18(20-11-21(30)14-22(31)12-20)13-25(19)29(28)26-10-17(16-32)2-5-24(26)27(33)34-29;/h2-5,10-14,23H,6-9,15H2,1H3,(H2,33,34);1H4. The SMILES string of the molecule is C.COC1CCC2(CC1)Cc1ccc(-c3cc(F)cc(Cl)c3)cc1C21N=C(N)c2ccc(C#N)cc21. The summed E-state index contributed by atoms with van der Waals surface area (Å²) in [6.07, 6.45) is 4.88. The number of nitrogens with two attached hydrogens (primary N) is 1. The van der Waals surface area contributed by atoms with Crippen molar-refractivity contribution in [3.05, 3.63) is 93.3 Å². The summed E-state index contributed by atoms with van der Waals surface area (Å²) in [6, 6.07) is 18.9. The molecule has 6 rings (SSSR count). The molecule has 1 saturated carbocycles. The first-order valence-electron chi connectivity index (χ1n) is 11.9. The van der Waals surface area contributed by atoms with Crippen LogP contribution in [0, 0.1) is 22.6 Å². The summed E-state index contributed by atoms with van der Waals surface area (Å²) in [5.41, 5.74) is 12.1. The smallest absolute Gasteiger partial charge is 0.127 e. The Kier molecular flexibility index (Phi) is 5.94. The molecule has 6 heteroatoms. The second-order valence-electron chi connectivity index (χ2n) is 10.0. The fraction of sp³-hybridized carbons (Fsp3) is 0.333. The van der Waals surface area contributed by atoms with Crippen molar-refractivity contribution in [1.29, 1.82) is 5.26 Å². The van der Waals surface area contributed by atoms with Crippen LogP contribution in [0.1, 0.15) is 60.9 Å². The Morgan fingerprint density at radius 1 is 1.06 bits per heavy atom. The first-order chi connectivity index (χ1) is 16.9. The normalized spacial score (nSPS) is 25.7. The number of hydrogen-bond donors (Lipinski definition) is 1. The van der Waals surface area contributed by atoms with Gasteiger partial charge in [-0.05, 0) is 102 Å². The maximum absolute atomic E-state index is 14.2.